The van der Waals surface area contributed by atoms with Crippen molar-refractivity contribution < 1.29 is 8.42 Å². The Kier molecular flexibility index (Phi) is 3.43. The van der Waals surface area contributed by atoms with Crippen molar-refractivity contribution >= 4 is 21.1 Å². The summed E-state index contributed by atoms with van der Waals surface area (Å²) in [6.45, 7) is 2.44. The van der Waals surface area contributed by atoms with Gasteiger partial charge in [-0.15, -0.1) is 0 Å². The van der Waals surface area contributed by atoms with Gasteiger partial charge in [-0.1, -0.05) is 0 Å². The maximum absolute atomic E-state index is 12.0. The molecule has 1 aliphatic rings. The van der Waals surface area contributed by atoms with E-state index in [0.717, 1.165) is 40.8 Å². The molecule has 8 nitrogen and oxygen atoms in total. The summed E-state index contributed by atoms with van der Waals surface area (Å²) in [4.78, 5) is 11.7. The molecule has 0 saturated carbocycles. The van der Waals surface area contributed by atoms with Crippen LogP contribution in [0.15, 0.2) is 24.8 Å². The number of hydrogen-bond donors (Lipinski definition) is 1. The zero-order valence-corrected chi connectivity index (χ0v) is 14.3. The lowest BCUT2D eigenvalue weighted by Crippen LogP contribution is -2.32. The molecule has 0 aliphatic carbocycles. The first-order chi connectivity index (χ1) is 11.4. The lowest BCUT2D eigenvalue weighted by atomic mass is 10.1. The predicted octanol–water partition coefficient (Wildman–Crippen LogP) is 1.68. The summed E-state index contributed by atoms with van der Waals surface area (Å²) in [5.41, 5.74) is 3.28. The van der Waals surface area contributed by atoms with Crippen molar-refractivity contribution in [2.24, 2.45) is 0 Å². The number of aromatic nitrogens is 5. The molecule has 3 aromatic heterocycles. The summed E-state index contributed by atoms with van der Waals surface area (Å²) >= 11 is 0. The topological polar surface area (TPSA) is 96.8 Å². The molecule has 3 aromatic rings. The lowest BCUT2D eigenvalue weighted by Gasteiger charge is -2.22. The summed E-state index contributed by atoms with van der Waals surface area (Å²) < 4.78 is 27.2. The Morgan fingerprint density at radius 1 is 1.33 bits per heavy atom. The fourth-order valence-corrected chi connectivity index (χ4v) is 4.43. The van der Waals surface area contributed by atoms with Crippen LogP contribution < -0.4 is 0 Å². The predicted molar refractivity (Wildman–Crippen MR) is 89.7 cm³/mol. The van der Waals surface area contributed by atoms with Gasteiger partial charge >= 0.3 is 0 Å². The zero-order valence-electron chi connectivity index (χ0n) is 13.5. The minimum Gasteiger partial charge on any atom is -0.346 e. The number of hydrogen-bond acceptors (Lipinski definition) is 5. The maximum Gasteiger partial charge on any atom is 0.213 e. The molecule has 1 N–H and O–H groups in total. The van der Waals surface area contributed by atoms with Gasteiger partial charge in [0.2, 0.25) is 10.0 Å². The van der Waals surface area contributed by atoms with Crippen molar-refractivity contribution in [2.45, 2.75) is 25.9 Å². The fourth-order valence-electron chi connectivity index (χ4n) is 3.33. The third-order valence-corrected chi connectivity index (χ3v) is 5.71. The highest BCUT2D eigenvalue weighted by atomic mass is 32.2. The van der Waals surface area contributed by atoms with Crippen LogP contribution in [0.3, 0.4) is 0 Å². The molecule has 1 saturated heterocycles. The molecule has 0 amide bonds. The molecule has 0 aromatic carbocycles. The standard InChI is InChI=1S/C15H18N6O2S/c1-10-12(14-11-5-6-16-15(11)18-9-17-14)8-20(19-10)13-4-3-7-21(13)24(2,22)23/h5-6,8-9,13H,3-4,7H2,1-2H3,(H,16,17,18)/t13-/m1/s1. The molecule has 4 heterocycles. The van der Waals surface area contributed by atoms with Gasteiger partial charge in [0, 0.05) is 29.9 Å². The number of rotatable bonds is 3. The fraction of sp³-hybridized carbons (Fsp3) is 0.400. The van der Waals surface area contributed by atoms with Crippen molar-refractivity contribution in [2.75, 3.05) is 12.8 Å². The molecule has 0 bridgehead atoms. The third kappa shape index (κ3) is 2.40. The molecule has 24 heavy (non-hydrogen) atoms. The number of nitrogens with zero attached hydrogens (tertiary/aromatic N) is 5. The number of sulfonamides is 1. The maximum atomic E-state index is 12.0. The molecular weight excluding hydrogens is 328 g/mol. The molecular formula is C15H18N6O2S. The Bertz CT molecular complexity index is 1010. The largest absolute Gasteiger partial charge is 0.346 e. The molecule has 126 valence electrons. The van der Waals surface area contributed by atoms with Gasteiger partial charge in [-0.25, -0.2) is 18.4 Å². The van der Waals surface area contributed by atoms with Crippen molar-refractivity contribution in [3.63, 3.8) is 0 Å². The van der Waals surface area contributed by atoms with Crippen LogP contribution in [-0.2, 0) is 10.0 Å². The summed E-state index contributed by atoms with van der Waals surface area (Å²) in [6.07, 6.45) is 7.80. The summed E-state index contributed by atoms with van der Waals surface area (Å²) in [5.74, 6) is 0. The van der Waals surface area contributed by atoms with E-state index in [4.69, 9.17) is 0 Å². The van der Waals surface area contributed by atoms with Crippen molar-refractivity contribution in [1.82, 2.24) is 29.0 Å². The average molecular weight is 346 g/mol. The second-order valence-corrected chi connectivity index (χ2v) is 8.00. The monoisotopic (exact) mass is 346 g/mol. The highest BCUT2D eigenvalue weighted by Gasteiger charge is 2.33. The van der Waals surface area contributed by atoms with E-state index in [1.807, 2.05) is 25.4 Å². The smallest absolute Gasteiger partial charge is 0.213 e. The number of aryl methyl sites for hydroxylation is 1. The number of nitrogens with one attached hydrogen (secondary N) is 1. The molecule has 9 heteroatoms. The number of fused-ring (bicyclic) bond motifs is 1. The molecule has 0 radical (unpaired) electrons. The van der Waals surface area contributed by atoms with Gasteiger partial charge in [-0.3, -0.25) is 4.68 Å². The van der Waals surface area contributed by atoms with Crippen LogP contribution in [-0.4, -0.2) is 50.3 Å². The molecule has 1 atom stereocenters. The molecule has 0 unspecified atom stereocenters. The minimum atomic E-state index is -3.25. The third-order valence-electron chi connectivity index (χ3n) is 4.43. The zero-order chi connectivity index (χ0) is 16.9. The minimum absolute atomic E-state index is 0.268. The van der Waals surface area contributed by atoms with Crippen molar-refractivity contribution in [1.29, 1.82) is 0 Å². The van der Waals surface area contributed by atoms with Crippen LogP contribution in [0.2, 0.25) is 0 Å². The molecule has 1 fully saturated rings. The van der Waals surface area contributed by atoms with Crippen LogP contribution in [0.1, 0.15) is 24.7 Å². The van der Waals surface area contributed by atoms with E-state index < -0.39 is 10.0 Å². The Morgan fingerprint density at radius 3 is 2.96 bits per heavy atom. The van der Waals surface area contributed by atoms with E-state index >= 15 is 0 Å². The quantitative estimate of drug-likeness (QED) is 0.778. The number of aromatic amines is 1. The van der Waals surface area contributed by atoms with Crippen molar-refractivity contribution in [3.8, 4) is 11.3 Å². The molecule has 0 spiro atoms. The SMILES string of the molecule is Cc1nn([C@H]2CCCN2S(C)(=O)=O)cc1-c1ncnc2[nH]ccc12. The first-order valence-corrected chi connectivity index (χ1v) is 9.61. The van der Waals surface area contributed by atoms with Gasteiger partial charge in [0.15, 0.2) is 0 Å². The second-order valence-electron chi connectivity index (χ2n) is 6.07. The summed E-state index contributed by atoms with van der Waals surface area (Å²) in [6, 6.07) is 1.93. The Morgan fingerprint density at radius 2 is 2.17 bits per heavy atom. The van der Waals surface area contributed by atoms with Crippen molar-refractivity contribution in [3.05, 3.63) is 30.5 Å². The van der Waals surface area contributed by atoms with Crippen LogP contribution in [0, 0.1) is 6.92 Å². The average Bonchev–Trinajstić information content (AvgIpc) is 3.24. The first kappa shape index (κ1) is 15.3. The summed E-state index contributed by atoms with van der Waals surface area (Å²) in [7, 11) is -3.25. The van der Waals surface area contributed by atoms with E-state index in [0.29, 0.717) is 6.54 Å². The summed E-state index contributed by atoms with van der Waals surface area (Å²) in [5, 5.41) is 5.49. The van der Waals surface area contributed by atoms with E-state index in [1.54, 1.807) is 4.68 Å². The first-order valence-electron chi connectivity index (χ1n) is 7.76. The van der Waals surface area contributed by atoms with E-state index in [9.17, 15) is 8.42 Å². The van der Waals surface area contributed by atoms with E-state index in [1.165, 1.54) is 16.9 Å². The van der Waals surface area contributed by atoms with Gasteiger partial charge in [0.25, 0.3) is 0 Å². The highest BCUT2D eigenvalue weighted by molar-refractivity contribution is 7.88. The van der Waals surface area contributed by atoms with Gasteiger partial charge in [-0.2, -0.15) is 9.40 Å². The highest BCUT2D eigenvalue weighted by Crippen LogP contribution is 2.32. The van der Waals surface area contributed by atoms with Gasteiger partial charge in [-0.05, 0) is 25.8 Å². The number of H-pyrrole nitrogens is 1. The van der Waals surface area contributed by atoms with Crippen LogP contribution in [0.4, 0.5) is 0 Å². The Balaban J connectivity index is 1.80. The molecule has 1 aliphatic heterocycles. The van der Waals surface area contributed by atoms with E-state index in [2.05, 4.69) is 20.1 Å². The van der Waals surface area contributed by atoms with Crippen LogP contribution in [0.25, 0.3) is 22.3 Å². The second kappa shape index (κ2) is 5.38. The van der Waals surface area contributed by atoms with E-state index in [-0.39, 0.29) is 6.17 Å². The van der Waals surface area contributed by atoms with Gasteiger partial charge in [0.05, 0.1) is 17.6 Å². The Labute approximate surface area is 139 Å². The Hall–Kier alpha value is -2.26. The lowest BCUT2D eigenvalue weighted by molar-refractivity contribution is 0.287. The van der Waals surface area contributed by atoms with Gasteiger partial charge in [0.1, 0.15) is 18.1 Å². The van der Waals surface area contributed by atoms with Crippen LogP contribution in [0.5, 0.6) is 0 Å². The molecule has 4 rings (SSSR count). The van der Waals surface area contributed by atoms with Gasteiger partial charge < -0.3 is 4.98 Å². The van der Waals surface area contributed by atoms with Crippen LogP contribution >= 0.6 is 0 Å². The normalized spacial score (nSPS) is 19.3.